The Morgan fingerprint density at radius 3 is 3.05 bits per heavy atom. The van der Waals surface area contributed by atoms with Gasteiger partial charge >= 0.3 is 0 Å². The number of aliphatic hydroxyl groups excluding tert-OH is 1. The lowest BCUT2D eigenvalue weighted by molar-refractivity contribution is 0.00273. The highest BCUT2D eigenvalue weighted by molar-refractivity contribution is 5.31. The van der Waals surface area contributed by atoms with Crippen LogP contribution < -0.4 is 0 Å². The summed E-state index contributed by atoms with van der Waals surface area (Å²) in [4.78, 5) is 8.11. The molecule has 1 aromatic heterocycles. The predicted octanol–water partition coefficient (Wildman–Crippen LogP) is 2.21. The molecular weight excluding hydrogens is 240 g/mol. The standard InChI is InChI=1S/C15H16N2O2/c18-14(13-10-16-6-7-17-13)9-15-12-4-2-1-3-11(12)5-8-19-15/h1-4,6-7,10,14-15,18H,5,8-9H2. The van der Waals surface area contributed by atoms with Crippen LogP contribution in [0.2, 0.25) is 0 Å². The van der Waals surface area contributed by atoms with Crippen LogP contribution in [0, 0.1) is 0 Å². The van der Waals surface area contributed by atoms with Crippen molar-refractivity contribution in [2.45, 2.75) is 25.0 Å². The maximum absolute atomic E-state index is 10.2. The van der Waals surface area contributed by atoms with Gasteiger partial charge in [0.15, 0.2) is 0 Å². The molecule has 2 unspecified atom stereocenters. The molecule has 0 spiro atoms. The number of ether oxygens (including phenoxy) is 1. The van der Waals surface area contributed by atoms with Crippen LogP contribution in [-0.2, 0) is 11.2 Å². The van der Waals surface area contributed by atoms with Crippen molar-refractivity contribution in [3.63, 3.8) is 0 Å². The molecule has 98 valence electrons. The third-order valence-corrected chi connectivity index (χ3v) is 3.45. The number of benzene rings is 1. The van der Waals surface area contributed by atoms with Gasteiger partial charge in [-0.25, -0.2) is 0 Å². The molecule has 0 amide bonds. The van der Waals surface area contributed by atoms with E-state index in [4.69, 9.17) is 4.74 Å². The summed E-state index contributed by atoms with van der Waals surface area (Å²) in [6, 6.07) is 8.25. The number of rotatable bonds is 3. The molecule has 1 N–H and O–H groups in total. The van der Waals surface area contributed by atoms with E-state index < -0.39 is 6.10 Å². The topological polar surface area (TPSA) is 55.2 Å². The molecule has 0 fully saturated rings. The van der Waals surface area contributed by atoms with Gasteiger partial charge in [-0.2, -0.15) is 0 Å². The van der Waals surface area contributed by atoms with E-state index >= 15 is 0 Å². The molecule has 2 aromatic rings. The maximum Gasteiger partial charge on any atom is 0.100 e. The zero-order valence-corrected chi connectivity index (χ0v) is 10.6. The van der Waals surface area contributed by atoms with Crippen molar-refractivity contribution in [3.05, 3.63) is 59.7 Å². The SMILES string of the molecule is OC(CC1OCCc2ccccc21)c1cnccn1. The van der Waals surface area contributed by atoms with Crippen LogP contribution in [-0.4, -0.2) is 21.7 Å². The summed E-state index contributed by atoms with van der Waals surface area (Å²) in [6.45, 7) is 0.703. The first kappa shape index (κ1) is 12.3. The highest BCUT2D eigenvalue weighted by atomic mass is 16.5. The summed E-state index contributed by atoms with van der Waals surface area (Å²) < 4.78 is 5.79. The summed E-state index contributed by atoms with van der Waals surface area (Å²) >= 11 is 0. The minimum absolute atomic E-state index is 0.0676. The van der Waals surface area contributed by atoms with E-state index in [0.717, 1.165) is 6.42 Å². The van der Waals surface area contributed by atoms with Crippen molar-refractivity contribution >= 4 is 0 Å². The second kappa shape index (κ2) is 5.47. The fourth-order valence-corrected chi connectivity index (χ4v) is 2.48. The van der Waals surface area contributed by atoms with Gasteiger partial charge in [-0.1, -0.05) is 24.3 Å². The van der Waals surface area contributed by atoms with Gasteiger partial charge in [-0.05, 0) is 17.5 Å². The number of aromatic nitrogens is 2. The van der Waals surface area contributed by atoms with Crippen molar-refractivity contribution in [1.29, 1.82) is 0 Å². The van der Waals surface area contributed by atoms with E-state index in [0.29, 0.717) is 18.7 Å². The van der Waals surface area contributed by atoms with Gasteiger partial charge in [0.05, 0.1) is 24.6 Å². The number of hydrogen-bond donors (Lipinski definition) is 1. The van der Waals surface area contributed by atoms with Crippen LogP contribution in [0.4, 0.5) is 0 Å². The zero-order valence-electron chi connectivity index (χ0n) is 10.6. The predicted molar refractivity (Wildman–Crippen MR) is 70.4 cm³/mol. The number of fused-ring (bicyclic) bond motifs is 1. The normalized spacial score (nSPS) is 19.7. The van der Waals surface area contributed by atoms with E-state index in [1.54, 1.807) is 18.6 Å². The fraction of sp³-hybridized carbons (Fsp3) is 0.333. The summed E-state index contributed by atoms with van der Waals surface area (Å²) in [5.74, 6) is 0. The number of nitrogens with zero attached hydrogens (tertiary/aromatic N) is 2. The van der Waals surface area contributed by atoms with Crippen LogP contribution in [0.5, 0.6) is 0 Å². The van der Waals surface area contributed by atoms with Crippen LogP contribution in [0.3, 0.4) is 0 Å². The van der Waals surface area contributed by atoms with Gasteiger partial charge in [0.25, 0.3) is 0 Å². The lowest BCUT2D eigenvalue weighted by Gasteiger charge is -2.27. The Bertz CT molecular complexity index is 545. The molecule has 3 rings (SSSR count). The Morgan fingerprint density at radius 2 is 2.21 bits per heavy atom. The molecule has 0 saturated heterocycles. The molecule has 19 heavy (non-hydrogen) atoms. The second-order valence-electron chi connectivity index (χ2n) is 4.69. The van der Waals surface area contributed by atoms with Crippen molar-refractivity contribution in [3.8, 4) is 0 Å². The average molecular weight is 256 g/mol. The lowest BCUT2D eigenvalue weighted by Crippen LogP contribution is -2.18. The fourth-order valence-electron chi connectivity index (χ4n) is 2.48. The smallest absolute Gasteiger partial charge is 0.100 e. The van der Waals surface area contributed by atoms with E-state index in [-0.39, 0.29) is 6.10 Å². The Hall–Kier alpha value is -1.78. The van der Waals surface area contributed by atoms with Crippen molar-refractivity contribution < 1.29 is 9.84 Å². The molecule has 0 saturated carbocycles. The second-order valence-corrected chi connectivity index (χ2v) is 4.69. The van der Waals surface area contributed by atoms with Gasteiger partial charge < -0.3 is 9.84 Å². The van der Waals surface area contributed by atoms with E-state index in [2.05, 4.69) is 22.1 Å². The summed E-state index contributed by atoms with van der Waals surface area (Å²) in [5, 5.41) is 10.2. The van der Waals surface area contributed by atoms with Crippen LogP contribution in [0.15, 0.2) is 42.9 Å². The molecule has 0 bridgehead atoms. The van der Waals surface area contributed by atoms with Crippen LogP contribution in [0.1, 0.15) is 35.4 Å². The molecular formula is C15H16N2O2. The highest BCUT2D eigenvalue weighted by Gasteiger charge is 2.24. The van der Waals surface area contributed by atoms with Gasteiger partial charge in [-0.3, -0.25) is 9.97 Å². The first-order valence-corrected chi connectivity index (χ1v) is 6.48. The van der Waals surface area contributed by atoms with Crippen molar-refractivity contribution in [2.24, 2.45) is 0 Å². The van der Waals surface area contributed by atoms with Gasteiger partial charge in [0, 0.05) is 18.8 Å². The van der Waals surface area contributed by atoms with Crippen molar-refractivity contribution in [2.75, 3.05) is 6.61 Å². The van der Waals surface area contributed by atoms with Gasteiger partial charge in [0.2, 0.25) is 0 Å². The Kier molecular flexibility index (Phi) is 3.53. The Balaban J connectivity index is 1.78. The van der Waals surface area contributed by atoms with Crippen LogP contribution >= 0.6 is 0 Å². The minimum atomic E-state index is -0.648. The quantitative estimate of drug-likeness (QED) is 0.914. The van der Waals surface area contributed by atoms with Crippen molar-refractivity contribution in [1.82, 2.24) is 9.97 Å². The first-order valence-electron chi connectivity index (χ1n) is 6.48. The summed E-state index contributed by atoms with van der Waals surface area (Å²) in [5.41, 5.74) is 3.08. The molecule has 4 nitrogen and oxygen atoms in total. The number of hydrogen-bond acceptors (Lipinski definition) is 4. The minimum Gasteiger partial charge on any atom is -0.387 e. The summed E-state index contributed by atoms with van der Waals surface area (Å²) in [6.07, 6.45) is 5.52. The van der Waals surface area contributed by atoms with Crippen LogP contribution in [0.25, 0.3) is 0 Å². The zero-order chi connectivity index (χ0) is 13.1. The Labute approximate surface area is 112 Å². The Morgan fingerprint density at radius 1 is 1.32 bits per heavy atom. The molecule has 1 aliphatic heterocycles. The average Bonchev–Trinajstić information content (AvgIpc) is 2.48. The molecule has 1 aromatic carbocycles. The monoisotopic (exact) mass is 256 g/mol. The largest absolute Gasteiger partial charge is 0.387 e. The van der Waals surface area contributed by atoms with E-state index in [1.807, 2.05) is 12.1 Å². The molecule has 0 aliphatic carbocycles. The molecule has 2 heterocycles. The lowest BCUT2D eigenvalue weighted by atomic mass is 9.94. The molecule has 2 atom stereocenters. The number of aliphatic hydroxyl groups is 1. The third kappa shape index (κ3) is 2.64. The van der Waals surface area contributed by atoms with Gasteiger partial charge in [-0.15, -0.1) is 0 Å². The van der Waals surface area contributed by atoms with E-state index in [9.17, 15) is 5.11 Å². The first-order chi connectivity index (χ1) is 9.34. The molecule has 1 aliphatic rings. The summed E-state index contributed by atoms with van der Waals surface area (Å²) in [7, 11) is 0. The molecule has 0 radical (unpaired) electrons. The molecule has 4 heteroatoms. The third-order valence-electron chi connectivity index (χ3n) is 3.45. The van der Waals surface area contributed by atoms with Gasteiger partial charge in [0.1, 0.15) is 6.10 Å². The highest BCUT2D eigenvalue weighted by Crippen LogP contribution is 2.33. The van der Waals surface area contributed by atoms with E-state index in [1.165, 1.54) is 11.1 Å². The maximum atomic E-state index is 10.2.